The third-order valence-corrected chi connectivity index (χ3v) is 6.47. The molecule has 1 amide bonds. The van der Waals surface area contributed by atoms with Crippen LogP contribution in [0.4, 0.5) is 0 Å². The van der Waals surface area contributed by atoms with Gasteiger partial charge in [0.25, 0.3) is 0 Å². The van der Waals surface area contributed by atoms with Crippen LogP contribution >= 0.6 is 11.6 Å². The van der Waals surface area contributed by atoms with Gasteiger partial charge in [-0.2, -0.15) is 5.10 Å². The maximum absolute atomic E-state index is 12.5. The zero-order chi connectivity index (χ0) is 19.6. The molecule has 0 aromatic heterocycles. The summed E-state index contributed by atoms with van der Waals surface area (Å²) in [6.45, 7) is 2.68. The Hall–Kier alpha value is -2.33. The Morgan fingerprint density at radius 3 is 2.79 bits per heavy atom. The molecule has 2 aromatic carbocycles. The van der Waals surface area contributed by atoms with E-state index in [1.165, 1.54) is 19.3 Å². The van der Waals surface area contributed by atoms with E-state index in [0.717, 1.165) is 23.3 Å². The molecule has 146 valence electrons. The normalized spacial score (nSPS) is 25.9. The number of ether oxygens (including phenoxy) is 1. The molecule has 0 radical (unpaired) electrons. The van der Waals surface area contributed by atoms with Crippen molar-refractivity contribution in [2.75, 3.05) is 0 Å². The van der Waals surface area contributed by atoms with Crippen LogP contribution in [0.5, 0.6) is 5.75 Å². The summed E-state index contributed by atoms with van der Waals surface area (Å²) in [5.74, 6) is 1.42. The van der Waals surface area contributed by atoms with Gasteiger partial charge in [0.2, 0.25) is 5.91 Å². The summed E-state index contributed by atoms with van der Waals surface area (Å²) in [5, 5.41) is 4.90. The SMILES string of the molecule is C[C@]12CCCC[C@@H]1[C@H]2C(=O)N/N=C\c1ccccc1OCc1ccc(Cl)cc1. The lowest BCUT2D eigenvalue weighted by Crippen LogP contribution is -2.22. The van der Waals surface area contributed by atoms with Crippen molar-refractivity contribution in [1.29, 1.82) is 0 Å². The van der Waals surface area contributed by atoms with E-state index >= 15 is 0 Å². The second-order valence-corrected chi connectivity index (χ2v) is 8.46. The molecule has 2 aliphatic carbocycles. The molecule has 4 rings (SSSR count). The van der Waals surface area contributed by atoms with Crippen LogP contribution in [0.25, 0.3) is 0 Å². The number of hydrogen-bond acceptors (Lipinski definition) is 3. The van der Waals surface area contributed by atoms with Crippen LogP contribution in [0.1, 0.15) is 43.7 Å². The molecule has 2 aromatic rings. The number of hydrogen-bond donors (Lipinski definition) is 1. The molecule has 0 saturated heterocycles. The Balaban J connectivity index is 1.35. The number of carbonyl (C=O) groups is 1. The number of fused-ring (bicyclic) bond motifs is 1. The first-order chi connectivity index (χ1) is 13.6. The highest BCUT2D eigenvalue weighted by atomic mass is 35.5. The Labute approximate surface area is 170 Å². The number of halogens is 1. The minimum atomic E-state index is 0.0465. The standard InChI is InChI=1S/C23H25ClN2O2/c1-23-13-5-4-7-19(23)21(23)22(27)26-25-14-17-6-2-3-8-20(17)28-15-16-9-11-18(24)12-10-16/h2-3,6,8-12,14,19,21H,4-5,7,13,15H2,1H3,(H,26,27)/b25-14-/t19-,21+,23+/m1/s1. The van der Waals surface area contributed by atoms with Crippen LogP contribution in [-0.2, 0) is 11.4 Å². The summed E-state index contributed by atoms with van der Waals surface area (Å²) >= 11 is 5.92. The Kier molecular flexibility index (Phi) is 5.40. The van der Waals surface area contributed by atoms with Gasteiger partial charge < -0.3 is 4.74 Å². The smallest absolute Gasteiger partial charge is 0.244 e. The van der Waals surface area contributed by atoms with Crippen molar-refractivity contribution in [3.63, 3.8) is 0 Å². The lowest BCUT2D eigenvalue weighted by Gasteiger charge is -2.15. The monoisotopic (exact) mass is 396 g/mol. The average molecular weight is 397 g/mol. The van der Waals surface area contributed by atoms with Gasteiger partial charge in [0.15, 0.2) is 0 Å². The van der Waals surface area contributed by atoms with Crippen LogP contribution in [-0.4, -0.2) is 12.1 Å². The van der Waals surface area contributed by atoms with Gasteiger partial charge in [-0.1, -0.05) is 55.6 Å². The van der Waals surface area contributed by atoms with Crippen LogP contribution < -0.4 is 10.2 Å². The van der Waals surface area contributed by atoms with Crippen molar-refractivity contribution < 1.29 is 9.53 Å². The van der Waals surface area contributed by atoms with Gasteiger partial charge in [0.05, 0.1) is 6.21 Å². The van der Waals surface area contributed by atoms with Gasteiger partial charge in [0.1, 0.15) is 12.4 Å². The third-order valence-electron chi connectivity index (χ3n) is 6.22. The molecule has 2 fully saturated rings. The Morgan fingerprint density at radius 1 is 1.25 bits per heavy atom. The summed E-state index contributed by atoms with van der Waals surface area (Å²) in [6, 6.07) is 15.2. The molecule has 2 aliphatic rings. The summed E-state index contributed by atoms with van der Waals surface area (Å²) in [5.41, 5.74) is 4.80. The molecule has 0 spiro atoms. The summed E-state index contributed by atoms with van der Waals surface area (Å²) in [6.07, 6.45) is 6.45. The van der Waals surface area contributed by atoms with Crippen molar-refractivity contribution in [2.24, 2.45) is 22.4 Å². The zero-order valence-corrected chi connectivity index (χ0v) is 16.8. The predicted molar refractivity (Wildman–Crippen MR) is 112 cm³/mol. The van der Waals surface area contributed by atoms with E-state index in [1.54, 1.807) is 6.21 Å². The van der Waals surface area contributed by atoms with Crippen molar-refractivity contribution in [3.05, 3.63) is 64.7 Å². The van der Waals surface area contributed by atoms with Gasteiger partial charge in [-0.05, 0) is 54.0 Å². The lowest BCUT2D eigenvalue weighted by atomic mass is 9.90. The first-order valence-corrected chi connectivity index (χ1v) is 10.2. The van der Waals surface area contributed by atoms with Gasteiger partial charge in [-0.15, -0.1) is 0 Å². The van der Waals surface area contributed by atoms with Gasteiger partial charge in [-0.3, -0.25) is 4.79 Å². The maximum atomic E-state index is 12.5. The fourth-order valence-corrected chi connectivity index (χ4v) is 4.67. The fraction of sp³-hybridized carbons (Fsp3) is 0.391. The molecule has 0 aliphatic heterocycles. The fourth-order valence-electron chi connectivity index (χ4n) is 4.55. The van der Waals surface area contributed by atoms with E-state index in [-0.39, 0.29) is 17.2 Å². The van der Waals surface area contributed by atoms with Crippen molar-refractivity contribution in [3.8, 4) is 5.75 Å². The second-order valence-electron chi connectivity index (χ2n) is 8.02. The lowest BCUT2D eigenvalue weighted by molar-refractivity contribution is -0.123. The molecule has 2 saturated carbocycles. The molecule has 0 bridgehead atoms. The van der Waals surface area contributed by atoms with Gasteiger partial charge in [0, 0.05) is 16.5 Å². The number of nitrogens with zero attached hydrogens (tertiary/aromatic N) is 1. The van der Waals surface area contributed by atoms with E-state index in [2.05, 4.69) is 17.5 Å². The third kappa shape index (κ3) is 3.93. The molecule has 0 unspecified atom stereocenters. The molecule has 28 heavy (non-hydrogen) atoms. The zero-order valence-electron chi connectivity index (χ0n) is 16.0. The first-order valence-electron chi connectivity index (χ1n) is 9.87. The molecular weight excluding hydrogens is 372 g/mol. The first kappa shape index (κ1) is 19.0. The molecule has 1 N–H and O–H groups in total. The molecule has 3 atom stereocenters. The minimum absolute atomic E-state index is 0.0465. The van der Waals surface area contributed by atoms with Crippen molar-refractivity contribution in [2.45, 2.75) is 39.2 Å². The van der Waals surface area contributed by atoms with E-state index in [0.29, 0.717) is 17.5 Å². The molecular formula is C23H25ClN2O2. The highest BCUT2D eigenvalue weighted by molar-refractivity contribution is 6.30. The minimum Gasteiger partial charge on any atom is -0.488 e. The second kappa shape index (κ2) is 7.96. The van der Waals surface area contributed by atoms with E-state index < -0.39 is 0 Å². The Morgan fingerprint density at radius 2 is 2.04 bits per heavy atom. The Bertz CT molecular complexity index is 880. The van der Waals surface area contributed by atoms with Crippen LogP contribution in [0.15, 0.2) is 53.6 Å². The predicted octanol–water partition coefficient (Wildman–Crippen LogP) is 5.20. The number of nitrogens with one attached hydrogen (secondary N) is 1. The number of hydrazone groups is 1. The van der Waals surface area contributed by atoms with Gasteiger partial charge >= 0.3 is 0 Å². The highest BCUT2D eigenvalue weighted by Gasteiger charge is 2.64. The van der Waals surface area contributed by atoms with E-state index in [1.807, 2.05) is 48.5 Å². The quantitative estimate of drug-likeness (QED) is 0.539. The molecule has 0 heterocycles. The number of amides is 1. The van der Waals surface area contributed by atoms with Crippen molar-refractivity contribution in [1.82, 2.24) is 5.43 Å². The molecule has 4 nitrogen and oxygen atoms in total. The van der Waals surface area contributed by atoms with Crippen LogP contribution in [0.3, 0.4) is 0 Å². The summed E-state index contributed by atoms with van der Waals surface area (Å²) in [7, 11) is 0. The number of carbonyl (C=O) groups excluding carboxylic acids is 1. The number of rotatable bonds is 6. The summed E-state index contributed by atoms with van der Waals surface area (Å²) in [4.78, 5) is 12.5. The van der Waals surface area contributed by atoms with Gasteiger partial charge in [-0.25, -0.2) is 5.43 Å². The van der Waals surface area contributed by atoms with E-state index in [4.69, 9.17) is 16.3 Å². The van der Waals surface area contributed by atoms with Crippen LogP contribution in [0, 0.1) is 17.3 Å². The number of benzene rings is 2. The maximum Gasteiger partial charge on any atom is 0.244 e. The summed E-state index contributed by atoms with van der Waals surface area (Å²) < 4.78 is 5.93. The molecule has 5 heteroatoms. The largest absolute Gasteiger partial charge is 0.488 e. The van der Waals surface area contributed by atoms with Crippen molar-refractivity contribution >= 4 is 23.7 Å². The van der Waals surface area contributed by atoms with E-state index in [9.17, 15) is 4.79 Å². The highest BCUT2D eigenvalue weighted by Crippen LogP contribution is 2.66. The number of para-hydroxylation sites is 1. The van der Waals surface area contributed by atoms with Crippen LogP contribution in [0.2, 0.25) is 5.02 Å². The topological polar surface area (TPSA) is 50.7 Å². The average Bonchev–Trinajstić information content (AvgIpc) is 3.34.